The molecule has 224 valence electrons. The van der Waals surface area contributed by atoms with Gasteiger partial charge in [-0.15, -0.1) is 0 Å². The van der Waals surface area contributed by atoms with Crippen LogP contribution in [-0.4, -0.2) is 29.5 Å². The van der Waals surface area contributed by atoms with Crippen molar-refractivity contribution in [1.29, 1.82) is 0 Å². The number of hydrogen-bond donors (Lipinski definition) is 3. The van der Waals surface area contributed by atoms with E-state index in [1.807, 2.05) is 73.7 Å². The molecular weight excluding hydrogens is 562 g/mol. The fourth-order valence-corrected chi connectivity index (χ4v) is 6.18. The molecule has 43 heavy (non-hydrogen) atoms. The van der Waals surface area contributed by atoms with Crippen molar-refractivity contribution in [2.75, 3.05) is 12.3 Å². The monoisotopic (exact) mass is 599 g/mol. The zero-order valence-electron chi connectivity index (χ0n) is 24.3. The van der Waals surface area contributed by atoms with E-state index in [0.29, 0.717) is 23.9 Å². The minimum Gasteiger partial charge on any atom is -0.618 e. The van der Waals surface area contributed by atoms with Crippen LogP contribution in [0.15, 0.2) is 102 Å². The molecule has 1 fully saturated rings. The molecule has 3 N–H and O–H groups in total. The van der Waals surface area contributed by atoms with Gasteiger partial charge in [-0.1, -0.05) is 85.4 Å². The number of hydrogen-bond acceptors (Lipinski definition) is 6. The summed E-state index contributed by atoms with van der Waals surface area (Å²) in [6, 6.07) is 29.3. The topological polar surface area (TPSA) is 107 Å². The van der Waals surface area contributed by atoms with Gasteiger partial charge in [0.2, 0.25) is 0 Å². The number of amides is 2. The quantitative estimate of drug-likeness (QED) is 0.119. The number of carbonyl (C=O) groups excluding carboxylic acids is 1. The Kier molecular flexibility index (Phi) is 10.3. The molecule has 4 atom stereocenters. The molecule has 1 aliphatic heterocycles. The molecule has 4 unspecified atom stereocenters. The van der Waals surface area contributed by atoms with Crippen LogP contribution < -0.4 is 15.4 Å². The van der Waals surface area contributed by atoms with Gasteiger partial charge in [0, 0.05) is 42.5 Å². The van der Waals surface area contributed by atoms with E-state index < -0.39 is 6.29 Å². The number of aliphatic hydroxyl groups excluding tert-OH is 1. The average molecular weight is 600 g/mol. The number of thioether (sulfide) groups is 1. The Morgan fingerprint density at radius 2 is 1.67 bits per heavy atom. The lowest BCUT2D eigenvalue weighted by Crippen LogP contribution is -2.39. The smallest absolute Gasteiger partial charge is 0.315 e. The summed E-state index contributed by atoms with van der Waals surface area (Å²) >= 11 is 1.47. The van der Waals surface area contributed by atoms with E-state index in [-0.39, 0.29) is 30.8 Å². The number of benzene rings is 3. The molecule has 3 aromatic carbocycles. The summed E-state index contributed by atoms with van der Waals surface area (Å²) in [5, 5.41) is 28.0. The maximum atomic E-state index is 12.3. The molecular formula is C34H37N3O5S. The Morgan fingerprint density at radius 3 is 2.40 bits per heavy atom. The number of rotatable bonds is 10. The molecule has 2 heterocycles. The number of urea groups is 1. The minimum atomic E-state index is -0.596. The number of aliphatic hydroxyl groups is 1. The molecule has 1 saturated heterocycles. The Morgan fingerprint density at radius 1 is 0.907 bits per heavy atom. The van der Waals surface area contributed by atoms with Crippen LogP contribution in [0, 0.1) is 11.1 Å². The van der Waals surface area contributed by atoms with Crippen LogP contribution in [-0.2, 0) is 22.6 Å². The highest BCUT2D eigenvalue weighted by molar-refractivity contribution is 7.99. The normalized spacial score (nSPS) is 20.0. The number of pyridine rings is 1. The van der Waals surface area contributed by atoms with Gasteiger partial charge in [0.15, 0.2) is 12.5 Å². The predicted octanol–water partition coefficient (Wildman–Crippen LogP) is 5.88. The minimum absolute atomic E-state index is 0.0153. The van der Waals surface area contributed by atoms with Crippen molar-refractivity contribution >= 4 is 17.8 Å². The molecule has 0 bridgehead atoms. The van der Waals surface area contributed by atoms with Crippen molar-refractivity contribution in [3.05, 3.63) is 125 Å². The van der Waals surface area contributed by atoms with Crippen molar-refractivity contribution < 1.29 is 24.1 Å². The standard InChI is InChI=1S/C34H37N3O5S/c1-3-35-34(39)36-20-25-7-6-8-29(19-25)26-14-16-28(17-15-26)33-41-30(22-43-31-9-4-5-18-37(31)40)23(2)32(42-33)27-12-10-24(21-38)11-13-27/h4-19,23,30,32-33,38H,3,20-22H2,1-2H3,(H2,35,36,39). The summed E-state index contributed by atoms with van der Waals surface area (Å²) in [6.07, 6.45) is 0.490. The Bertz CT molecular complexity index is 1500. The Hall–Kier alpha value is -3.89. The van der Waals surface area contributed by atoms with E-state index in [1.165, 1.54) is 18.0 Å². The highest BCUT2D eigenvalue weighted by Crippen LogP contribution is 2.43. The summed E-state index contributed by atoms with van der Waals surface area (Å²) in [5.41, 5.74) is 5.85. The van der Waals surface area contributed by atoms with Crippen LogP contribution in [0.1, 0.15) is 48.5 Å². The largest absolute Gasteiger partial charge is 0.618 e. The van der Waals surface area contributed by atoms with Gasteiger partial charge in [-0.25, -0.2) is 4.79 Å². The van der Waals surface area contributed by atoms with Gasteiger partial charge in [-0.05, 0) is 46.9 Å². The van der Waals surface area contributed by atoms with E-state index in [9.17, 15) is 15.1 Å². The average Bonchev–Trinajstić information content (AvgIpc) is 3.04. The van der Waals surface area contributed by atoms with Crippen LogP contribution in [0.25, 0.3) is 11.1 Å². The van der Waals surface area contributed by atoms with Crippen LogP contribution in [0.4, 0.5) is 4.79 Å². The van der Waals surface area contributed by atoms with E-state index >= 15 is 0 Å². The lowest BCUT2D eigenvalue weighted by atomic mass is 9.91. The SMILES string of the molecule is CCNC(=O)NCc1cccc(-c2ccc(C3OC(CSc4cccc[n+]4[O-])C(C)C(c4ccc(CO)cc4)O3)cc2)c1. The Labute approximate surface area is 256 Å². The fraction of sp³-hybridized carbons (Fsp3) is 0.294. The first kappa shape index (κ1) is 30.6. The van der Waals surface area contributed by atoms with Crippen molar-refractivity contribution in [3.63, 3.8) is 0 Å². The zero-order chi connectivity index (χ0) is 30.2. The number of carbonyl (C=O) groups is 1. The first-order valence-electron chi connectivity index (χ1n) is 14.5. The third-order valence-corrected chi connectivity index (χ3v) is 8.65. The number of nitrogens with zero attached hydrogens (tertiary/aromatic N) is 1. The van der Waals surface area contributed by atoms with Crippen molar-refractivity contribution in [1.82, 2.24) is 10.6 Å². The predicted molar refractivity (Wildman–Crippen MR) is 167 cm³/mol. The van der Waals surface area contributed by atoms with Crippen LogP contribution in [0.5, 0.6) is 0 Å². The third-order valence-electron chi connectivity index (χ3n) is 7.54. The zero-order valence-corrected chi connectivity index (χ0v) is 25.1. The van der Waals surface area contributed by atoms with E-state index in [2.05, 4.69) is 35.8 Å². The second kappa shape index (κ2) is 14.5. The van der Waals surface area contributed by atoms with E-state index in [4.69, 9.17) is 9.47 Å². The van der Waals surface area contributed by atoms with Crippen LogP contribution >= 0.6 is 11.8 Å². The molecule has 0 spiro atoms. The molecule has 9 heteroatoms. The molecule has 2 amide bonds. The first-order valence-corrected chi connectivity index (χ1v) is 15.5. The maximum absolute atomic E-state index is 12.3. The van der Waals surface area contributed by atoms with Gasteiger partial charge in [0.05, 0.1) is 18.8 Å². The molecule has 4 aromatic rings. The number of aromatic nitrogens is 1. The lowest BCUT2D eigenvalue weighted by molar-refractivity contribution is -0.645. The van der Waals surface area contributed by atoms with Crippen molar-refractivity contribution in [2.45, 2.75) is 50.5 Å². The third kappa shape index (κ3) is 7.74. The maximum Gasteiger partial charge on any atom is 0.315 e. The summed E-state index contributed by atoms with van der Waals surface area (Å²) in [6.45, 7) is 5.00. The summed E-state index contributed by atoms with van der Waals surface area (Å²) < 4.78 is 14.0. The van der Waals surface area contributed by atoms with Gasteiger partial charge >= 0.3 is 6.03 Å². The van der Waals surface area contributed by atoms with Crippen LogP contribution in [0.3, 0.4) is 0 Å². The van der Waals surface area contributed by atoms with Gasteiger partial charge < -0.3 is 30.4 Å². The first-order chi connectivity index (χ1) is 20.9. The highest BCUT2D eigenvalue weighted by Gasteiger charge is 2.38. The van der Waals surface area contributed by atoms with E-state index in [0.717, 1.165) is 38.1 Å². The summed E-state index contributed by atoms with van der Waals surface area (Å²) in [4.78, 5) is 11.8. The fourth-order valence-electron chi connectivity index (χ4n) is 5.10. The molecule has 0 radical (unpaired) electrons. The molecule has 8 nitrogen and oxygen atoms in total. The van der Waals surface area contributed by atoms with Crippen LogP contribution in [0.2, 0.25) is 0 Å². The van der Waals surface area contributed by atoms with Gasteiger partial charge in [-0.3, -0.25) is 0 Å². The number of nitrogens with one attached hydrogen (secondary N) is 2. The van der Waals surface area contributed by atoms with Crippen molar-refractivity contribution in [2.24, 2.45) is 5.92 Å². The molecule has 0 saturated carbocycles. The van der Waals surface area contributed by atoms with Gasteiger partial charge in [0.25, 0.3) is 5.03 Å². The summed E-state index contributed by atoms with van der Waals surface area (Å²) in [5.74, 6) is 0.607. The molecule has 1 aliphatic rings. The molecule has 1 aromatic heterocycles. The highest BCUT2D eigenvalue weighted by atomic mass is 32.2. The second-order valence-electron chi connectivity index (χ2n) is 10.5. The van der Waals surface area contributed by atoms with Gasteiger partial charge in [0.1, 0.15) is 0 Å². The molecule has 0 aliphatic carbocycles. The molecule has 5 rings (SSSR count). The van der Waals surface area contributed by atoms with Gasteiger partial charge in [-0.2, -0.15) is 4.73 Å². The van der Waals surface area contributed by atoms with E-state index in [1.54, 1.807) is 6.07 Å². The lowest BCUT2D eigenvalue weighted by Gasteiger charge is -2.41. The second-order valence-corrected chi connectivity index (χ2v) is 11.6. The Balaban J connectivity index is 1.34. The summed E-state index contributed by atoms with van der Waals surface area (Å²) in [7, 11) is 0. The number of ether oxygens (including phenoxy) is 2. The van der Waals surface area contributed by atoms with Crippen molar-refractivity contribution in [3.8, 4) is 11.1 Å².